The Kier molecular flexibility index (Phi) is 2.66. The lowest BCUT2D eigenvalue weighted by atomic mass is 10.2. The molecule has 0 aliphatic carbocycles. The smallest absolute Gasteiger partial charge is 0.120 e. The first-order valence-electron chi connectivity index (χ1n) is 5.46. The van der Waals surface area contributed by atoms with Crippen molar-refractivity contribution in [1.29, 1.82) is 0 Å². The topological polar surface area (TPSA) is 52.0 Å². The number of hydrogen-bond acceptors (Lipinski definition) is 4. The minimum Gasteiger partial charge on any atom is -0.468 e. The predicted molar refractivity (Wildman–Crippen MR) is 69.0 cm³/mol. The minimum atomic E-state index is 0.438. The van der Waals surface area contributed by atoms with Crippen molar-refractivity contribution in [1.82, 2.24) is 4.98 Å². The molecule has 0 fully saturated rings. The van der Waals surface area contributed by atoms with Crippen molar-refractivity contribution >= 4 is 21.6 Å². The van der Waals surface area contributed by atoms with Gasteiger partial charge in [-0.3, -0.25) is 0 Å². The Labute approximate surface area is 103 Å². The van der Waals surface area contributed by atoms with Crippen molar-refractivity contribution in [2.75, 3.05) is 0 Å². The van der Waals surface area contributed by atoms with Crippen LogP contribution in [-0.4, -0.2) is 4.98 Å². The molecule has 3 nitrogen and oxygen atoms in total. The highest BCUT2D eigenvalue weighted by atomic mass is 32.1. The van der Waals surface area contributed by atoms with Crippen LogP contribution in [-0.2, 0) is 13.0 Å². The predicted octanol–water partition coefficient (Wildman–Crippen LogP) is 2.94. The molecule has 2 N–H and O–H groups in total. The lowest BCUT2D eigenvalue weighted by Gasteiger charge is -1.96. The fourth-order valence-electron chi connectivity index (χ4n) is 1.86. The molecule has 1 aromatic carbocycles. The maximum atomic E-state index is 5.61. The summed E-state index contributed by atoms with van der Waals surface area (Å²) in [5.41, 5.74) is 7.80. The van der Waals surface area contributed by atoms with Gasteiger partial charge in [0.05, 0.1) is 28.0 Å². The highest BCUT2D eigenvalue weighted by Crippen LogP contribution is 2.24. The summed E-state index contributed by atoms with van der Waals surface area (Å²) in [6.07, 6.45) is 2.48. The van der Waals surface area contributed by atoms with Crippen LogP contribution in [0.1, 0.15) is 16.3 Å². The van der Waals surface area contributed by atoms with Gasteiger partial charge in [0.1, 0.15) is 5.76 Å². The second kappa shape index (κ2) is 4.31. The Morgan fingerprint density at radius 1 is 1.24 bits per heavy atom. The molecule has 0 radical (unpaired) electrons. The Bertz CT molecular complexity index is 608. The highest BCUT2D eigenvalue weighted by Gasteiger charge is 2.09. The molecule has 4 heteroatoms. The summed E-state index contributed by atoms with van der Waals surface area (Å²) in [5.74, 6) is 0.851. The van der Waals surface area contributed by atoms with Gasteiger partial charge in [0, 0.05) is 12.0 Å². The maximum Gasteiger partial charge on any atom is 0.120 e. The fraction of sp³-hybridized carbons (Fsp3) is 0.154. The summed E-state index contributed by atoms with van der Waals surface area (Å²) in [4.78, 5) is 4.60. The van der Waals surface area contributed by atoms with Crippen LogP contribution in [0.4, 0.5) is 0 Å². The lowest BCUT2D eigenvalue weighted by Crippen LogP contribution is -1.98. The first kappa shape index (κ1) is 10.5. The zero-order chi connectivity index (χ0) is 11.7. The molecule has 0 amide bonds. The van der Waals surface area contributed by atoms with E-state index >= 15 is 0 Å². The largest absolute Gasteiger partial charge is 0.468 e. The number of nitrogens with zero attached hydrogens (tertiary/aromatic N) is 1. The van der Waals surface area contributed by atoms with Crippen LogP contribution >= 0.6 is 11.3 Å². The van der Waals surface area contributed by atoms with Gasteiger partial charge in [-0.25, -0.2) is 4.98 Å². The molecule has 0 atom stereocenters. The van der Waals surface area contributed by atoms with Gasteiger partial charge in [0.15, 0.2) is 0 Å². The molecule has 0 unspecified atom stereocenters. The molecule has 0 aliphatic rings. The SMILES string of the molecule is NCc1occc1Cc1nc2ccccc2s1. The Hall–Kier alpha value is -1.65. The van der Waals surface area contributed by atoms with Crippen LogP contribution in [0.5, 0.6) is 0 Å². The molecule has 2 aromatic heterocycles. The van der Waals surface area contributed by atoms with Crippen LogP contribution < -0.4 is 5.73 Å². The fourth-order valence-corrected chi connectivity index (χ4v) is 2.85. The quantitative estimate of drug-likeness (QED) is 0.770. The molecule has 2 heterocycles. The van der Waals surface area contributed by atoms with Gasteiger partial charge >= 0.3 is 0 Å². The molecular weight excluding hydrogens is 232 g/mol. The van der Waals surface area contributed by atoms with Crippen molar-refractivity contribution in [2.45, 2.75) is 13.0 Å². The normalized spacial score (nSPS) is 11.1. The van der Waals surface area contributed by atoms with Gasteiger partial charge in [-0.05, 0) is 18.2 Å². The summed E-state index contributed by atoms with van der Waals surface area (Å²) < 4.78 is 6.53. The van der Waals surface area contributed by atoms with Gasteiger partial charge < -0.3 is 10.2 Å². The van der Waals surface area contributed by atoms with Crippen LogP contribution in [0.15, 0.2) is 41.0 Å². The summed E-state index contributed by atoms with van der Waals surface area (Å²) in [7, 11) is 0. The second-order valence-electron chi connectivity index (χ2n) is 3.83. The van der Waals surface area contributed by atoms with Crippen molar-refractivity contribution < 1.29 is 4.42 Å². The monoisotopic (exact) mass is 244 g/mol. The molecule has 3 rings (SSSR count). The van der Waals surface area contributed by atoms with Gasteiger partial charge in [-0.2, -0.15) is 0 Å². The zero-order valence-electron chi connectivity index (χ0n) is 9.22. The molecule has 3 aromatic rings. The van der Waals surface area contributed by atoms with E-state index in [0.717, 1.165) is 28.3 Å². The number of furan rings is 1. The first-order valence-corrected chi connectivity index (χ1v) is 6.28. The van der Waals surface area contributed by atoms with Crippen LogP contribution in [0.3, 0.4) is 0 Å². The number of thiazole rings is 1. The van der Waals surface area contributed by atoms with Gasteiger partial charge in [0.25, 0.3) is 0 Å². The van der Waals surface area contributed by atoms with E-state index in [2.05, 4.69) is 11.1 Å². The average Bonchev–Trinajstić information content (AvgIpc) is 2.94. The molecule has 0 bridgehead atoms. The Morgan fingerprint density at radius 3 is 2.94 bits per heavy atom. The van der Waals surface area contributed by atoms with E-state index in [1.54, 1.807) is 17.6 Å². The van der Waals surface area contributed by atoms with Crippen LogP contribution in [0.25, 0.3) is 10.2 Å². The highest BCUT2D eigenvalue weighted by molar-refractivity contribution is 7.18. The number of aromatic nitrogens is 1. The number of rotatable bonds is 3. The minimum absolute atomic E-state index is 0.438. The van der Waals surface area contributed by atoms with E-state index in [1.807, 2.05) is 24.3 Å². The molecule has 0 spiro atoms. The molecule has 0 saturated carbocycles. The summed E-state index contributed by atoms with van der Waals surface area (Å²) in [6.45, 7) is 0.438. The standard InChI is InChI=1S/C13H12N2OS/c14-8-11-9(5-6-16-11)7-13-15-10-3-1-2-4-12(10)17-13/h1-6H,7-8,14H2. The van der Waals surface area contributed by atoms with E-state index in [9.17, 15) is 0 Å². The van der Waals surface area contributed by atoms with Crippen LogP contribution in [0, 0.1) is 0 Å². The summed E-state index contributed by atoms with van der Waals surface area (Å²) >= 11 is 1.72. The van der Waals surface area contributed by atoms with Gasteiger partial charge in [-0.15, -0.1) is 11.3 Å². The number of hydrogen-bond donors (Lipinski definition) is 1. The Morgan fingerprint density at radius 2 is 2.12 bits per heavy atom. The van der Waals surface area contributed by atoms with E-state index < -0.39 is 0 Å². The summed E-state index contributed by atoms with van der Waals surface area (Å²) in [5, 5.41) is 1.10. The first-order chi connectivity index (χ1) is 8.36. The molecule has 17 heavy (non-hydrogen) atoms. The van der Waals surface area contributed by atoms with E-state index in [1.165, 1.54) is 4.70 Å². The van der Waals surface area contributed by atoms with Gasteiger partial charge in [-0.1, -0.05) is 12.1 Å². The third-order valence-electron chi connectivity index (χ3n) is 2.70. The lowest BCUT2D eigenvalue weighted by molar-refractivity contribution is 0.508. The van der Waals surface area contributed by atoms with Gasteiger partial charge in [0.2, 0.25) is 0 Å². The van der Waals surface area contributed by atoms with Crippen molar-refractivity contribution in [3.63, 3.8) is 0 Å². The third kappa shape index (κ3) is 1.97. The van der Waals surface area contributed by atoms with E-state index in [0.29, 0.717) is 6.54 Å². The van der Waals surface area contributed by atoms with Crippen molar-refractivity contribution in [2.24, 2.45) is 5.73 Å². The molecule has 0 saturated heterocycles. The Balaban J connectivity index is 1.94. The maximum absolute atomic E-state index is 5.61. The average molecular weight is 244 g/mol. The van der Waals surface area contributed by atoms with Crippen molar-refractivity contribution in [3.05, 3.63) is 52.9 Å². The van der Waals surface area contributed by atoms with E-state index in [-0.39, 0.29) is 0 Å². The molecular formula is C13H12N2OS. The number of nitrogens with two attached hydrogens (primary N) is 1. The number of benzene rings is 1. The summed E-state index contributed by atoms with van der Waals surface area (Å²) in [6, 6.07) is 10.1. The molecule has 0 aliphatic heterocycles. The second-order valence-corrected chi connectivity index (χ2v) is 4.94. The van der Waals surface area contributed by atoms with E-state index in [4.69, 9.17) is 10.2 Å². The van der Waals surface area contributed by atoms with Crippen LogP contribution in [0.2, 0.25) is 0 Å². The third-order valence-corrected chi connectivity index (χ3v) is 3.74. The molecule has 86 valence electrons. The number of fused-ring (bicyclic) bond motifs is 1. The number of para-hydroxylation sites is 1. The van der Waals surface area contributed by atoms with Crippen molar-refractivity contribution in [3.8, 4) is 0 Å². The zero-order valence-corrected chi connectivity index (χ0v) is 10.0.